The Labute approximate surface area is 218 Å². The Bertz CT molecular complexity index is 792. The maximum absolute atomic E-state index is 12.0. The lowest BCUT2D eigenvalue weighted by atomic mass is 10.1. The molecule has 0 saturated carbocycles. The second kappa shape index (κ2) is 18.6. The predicted molar refractivity (Wildman–Crippen MR) is 149 cm³/mol. The number of nitrogens with one attached hydrogen (secondary N) is 4. The van der Waals surface area contributed by atoms with Gasteiger partial charge < -0.3 is 21.3 Å². The van der Waals surface area contributed by atoms with Crippen LogP contribution in [0.15, 0.2) is 48.5 Å². The number of carbonyl (C=O) groups is 2. The minimum absolute atomic E-state index is 0.128. The van der Waals surface area contributed by atoms with E-state index in [0.717, 1.165) is 77.8 Å². The van der Waals surface area contributed by atoms with Gasteiger partial charge >= 0.3 is 0 Å². The number of amides is 2. The van der Waals surface area contributed by atoms with Gasteiger partial charge in [0, 0.05) is 25.9 Å². The fourth-order valence-electron chi connectivity index (χ4n) is 3.83. The molecular formula is C30H46N4O2. The molecule has 36 heavy (non-hydrogen) atoms. The highest BCUT2D eigenvalue weighted by atomic mass is 16.2. The lowest BCUT2D eigenvalue weighted by Gasteiger charge is -2.08. The third-order valence-electron chi connectivity index (χ3n) is 6.18. The minimum Gasteiger partial charge on any atom is -0.356 e. The zero-order valence-corrected chi connectivity index (χ0v) is 22.3. The van der Waals surface area contributed by atoms with Crippen LogP contribution in [0.25, 0.3) is 0 Å². The van der Waals surface area contributed by atoms with Gasteiger partial charge in [0.05, 0.1) is 0 Å². The van der Waals surface area contributed by atoms with Crippen molar-refractivity contribution >= 4 is 11.8 Å². The van der Waals surface area contributed by atoms with Gasteiger partial charge in [-0.15, -0.1) is 0 Å². The molecule has 0 fully saturated rings. The molecule has 2 aromatic rings. The van der Waals surface area contributed by atoms with Crippen LogP contribution < -0.4 is 21.3 Å². The van der Waals surface area contributed by atoms with Gasteiger partial charge in [-0.3, -0.25) is 9.59 Å². The molecule has 0 saturated heterocycles. The Morgan fingerprint density at radius 2 is 0.889 bits per heavy atom. The van der Waals surface area contributed by atoms with E-state index in [-0.39, 0.29) is 11.8 Å². The molecular weight excluding hydrogens is 448 g/mol. The Balaban J connectivity index is 1.29. The number of unbranched alkanes of at least 4 members (excludes halogenated alkanes) is 1. The molecule has 2 amide bonds. The van der Waals surface area contributed by atoms with E-state index in [2.05, 4.69) is 83.6 Å². The Morgan fingerprint density at radius 3 is 1.28 bits per heavy atom. The second-order valence-electron chi connectivity index (χ2n) is 9.59. The summed E-state index contributed by atoms with van der Waals surface area (Å²) in [5.41, 5.74) is 4.91. The van der Waals surface area contributed by atoms with E-state index < -0.39 is 0 Å². The van der Waals surface area contributed by atoms with Gasteiger partial charge in [0.15, 0.2) is 0 Å². The number of hydrogen-bond acceptors (Lipinski definition) is 4. The van der Waals surface area contributed by atoms with E-state index in [4.69, 9.17) is 0 Å². The smallest absolute Gasteiger partial charge is 0.220 e. The van der Waals surface area contributed by atoms with E-state index in [1.165, 1.54) is 22.3 Å². The maximum Gasteiger partial charge on any atom is 0.220 e. The van der Waals surface area contributed by atoms with Crippen LogP contribution in [-0.2, 0) is 22.4 Å². The first kappa shape index (κ1) is 29.5. The van der Waals surface area contributed by atoms with E-state index in [9.17, 15) is 9.59 Å². The third kappa shape index (κ3) is 14.6. The van der Waals surface area contributed by atoms with Gasteiger partial charge in [0.25, 0.3) is 0 Å². The van der Waals surface area contributed by atoms with Gasteiger partial charge in [0.1, 0.15) is 0 Å². The van der Waals surface area contributed by atoms with Crippen LogP contribution in [-0.4, -0.2) is 51.1 Å². The molecule has 0 bridgehead atoms. The first-order valence-electron chi connectivity index (χ1n) is 13.6. The molecule has 0 aliphatic heterocycles. The van der Waals surface area contributed by atoms with E-state index in [1.807, 2.05) is 0 Å². The molecule has 0 aliphatic carbocycles. The molecule has 0 radical (unpaired) electrons. The standard InChI is InChI=1S/C30H46N4O2/c1-25-7-11-27(12-8-25)15-17-29(35)33-23-5-21-31-19-3-4-20-32-22-6-24-34-30(36)18-16-28-13-9-26(2)10-14-28/h7-14,31-32H,3-6,15-24H2,1-2H3,(H,33,35)(H,34,36). The van der Waals surface area contributed by atoms with Crippen LogP contribution in [0.5, 0.6) is 0 Å². The van der Waals surface area contributed by atoms with Crippen LogP contribution in [0.2, 0.25) is 0 Å². The molecule has 4 N–H and O–H groups in total. The van der Waals surface area contributed by atoms with Crippen molar-refractivity contribution in [3.8, 4) is 0 Å². The Kier molecular flexibility index (Phi) is 15.2. The highest BCUT2D eigenvalue weighted by Crippen LogP contribution is 2.06. The van der Waals surface area contributed by atoms with Crippen molar-refractivity contribution in [1.82, 2.24) is 21.3 Å². The van der Waals surface area contributed by atoms with Gasteiger partial charge in [-0.2, -0.15) is 0 Å². The van der Waals surface area contributed by atoms with Crippen LogP contribution in [0.4, 0.5) is 0 Å². The van der Waals surface area contributed by atoms with E-state index in [1.54, 1.807) is 0 Å². The van der Waals surface area contributed by atoms with Crippen LogP contribution in [0, 0.1) is 13.8 Å². The second-order valence-corrected chi connectivity index (χ2v) is 9.59. The van der Waals surface area contributed by atoms with Crippen LogP contribution >= 0.6 is 0 Å². The van der Waals surface area contributed by atoms with Crippen molar-refractivity contribution < 1.29 is 9.59 Å². The van der Waals surface area contributed by atoms with Crippen molar-refractivity contribution in [2.75, 3.05) is 39.3 Å². The van der Waals surface area contributed by atoms with Crippen LogP contribution in [0.1, 0.15) is 60.8 Å². The van der Waals surface area contributed by atoms with Gasteiger partial charge in [0.2, 0.25) is 11.8 Å². The summed E-state index contributed by atoms with van der Waals surface area (Å²) in [6.07, 6.45) is 6.84. The number of benzene rings is 2. The molecule has 0 unspecified atom stereocenters. The first-order valence-corrected chi connectivity index (χ1v) is 13.6. The SMILES string of the molecule is Cc1ccc(CCC(=O)NCCCNCCCCNCCCNC(=O)CCc2ccc(C)cc2)cc1. The first-order chi connectivity index (χ1) is 17.5. The summed E-state index contributed by atoms with van der Waals surface area (Å²) in [4.78, 5) is 23.9. The number of aryl methyl sites for hydroxylation is 4. The molecule has 2 rings (SSSR count). The molecule has 6 nitrogen and oxygen atoms in total. The van der Waals surface area contributed by atoms with Crippen molar-refractivity contribution in [2.45, 2.75) is 65.2 Å². The lowest BCUT2D eigenvalue weighted by Crippen LogP contribution is -2.28. The summed E-state index contributed by atoms with van der Waals surface area (Å²) in [6.45, 7) is 9.45. The summed E-state index contributed by atoms with van der Waals surface area (Å²) in [5, 5.41) is 12.9. The quantitative estimate of drug-likeness (QED) is 0.224. The average Bonchev–Trinajstić information content (AvgIpc) is 2.88. The molecule has 0 spiro atoms. The fourth-order valence-corrected chi connectivity index (χ4v) is 3.83. The summed E-state index contributed by atoms with van der Waals surface area (Å²) < 4.78 is 0. The molecule has 0 aliphatic rings. The zero-order chi connectivity index (χ0) is 25.8. The van der Waals surface area contributed by atoms with E-state index in [0.29, 0.717) is 12.8 Å². The fraction of sp³-hybridized carbons (Fsp3) is 0.533. The third-order valence-corrected chi connectivity index (χ3v) is 6.18. The van der Waals surface area contributed by atoms with Crippen molar-refractivity contribution in [3.63, 3.8) is 0 Å². The van der Waals surface area contributed by atoms with Gasteiger partial charge in [-0.1, -0.05) is 59.7 Å². The zero-order valence-electron chi connectivity index (χ0n) is 22.3. The number of hydrogen-bond donors (Lipinski definition) is 4. The average molecular weight is 495 g/mol. The summed E-state index contributed by atoms with van der Waals surface area (Å²) in [6, 6.07) is 16.7. The molecule has 198 valence electrons. The van der Waals surface area contributed by atoms with Gasteiger partial charge in [-0.05, 0) is 89.7 Å². The largest absolute Gasteiger partial charge is 0.356 e. The van der Waals surface area contributed by atoms with Gasteiger partial charge in [-0.25, -0.2) is 0 Å². The molecule has 2 aromatic carbocycles. The molecule has 0 atom stereocenters. The van der Waals surface area contributed by atoms with Crippen LogP contribution in [0.3, 0.4) is 0 Å². The molecule has 0 heterocycles. The highest BCUT2D eigenvalue weighted by molar-refractivity contribution is 5.76. The summed E-state index contributed by atoms with van der Waals surface area (Å²) in [7, 11) is 0. The normalized spacial score (nSPS) is 10.8. The highest BCUT2D eigenvalue weighted by Gasteiger charge is 2.03. The summed E-state index contributed by atoms with van der Waals surface area (Å²) in [5.74, 6) is 0.256. The lowest BCUT2D eigenvalue weighted by molar-refractivity contribution is -0.121. The Morgan fingerprint density at radius 1 is 0.528 bits per heavy atom. The molecule has 0 aromatic heterocycles. The van der Waals surface area contributed by atoms with Crippen molar-refractivity contribution in [2.24, 2.45) is 0 Å². The van der Waals surface area contributed by atoms with Crippen molar-refractivity contribution in [1.29, 1.82) is 0 Å². The summed E-state index contributed by atoms with van der Waals surface area (Å²) >= 11 is 0. The number of carbonyl (C=O) groups excluding carboxylic acids is 2. The van der Waals surface area contributed by atoms with E-state index >= 15 is 0 Å². The maximum atomic E-state index is 12.0. The van der Waals surface area contributed by atoms with Crippen molar-refractivity contribution in [3.05, 3.63) is 70.8 Å². The minimum atomic E-state index is 0.128. The predicted octanol–water partition coefficient (Wildman–Crippen LogP) is 3.84. The topological polar surface area (TPSA) is 82.3 Å². The monoisotopic (exact) mass is 494 g/mol. The Hall–Kier alpha value is -2.70. The number of rotatable bonds is 19. The molecule has 6 heteroatoms.